The van der Waals surface area contributed by atoms with Crippen LogP contribution in [0.2, 0.25) is 0 Å². The molecule has 0 heterocycles. The number of halogens is 20. The summed E-state index contributed by atoms with van der Waals surface area (Å²) in [4.78, 5) is 0. The van der Waals surface area contributed by atoms with Crippen molar-refractivity contribution in [1.82, 2.24) is 4.48 Å². The molecule has 7 aromatic rings. The second kappa shape index (κ2) is 15.8. The van der Waals surface area contributed by atoms with E-state index in [0.29, 0.717) is 0 Å². The second-order valence-electron chi connectivity index (χ2n) is 13.0. The van der Waals surface area contributed by atoms with Gasteiger partial charge in [0.05, 0.1) is 22.3 Å². The van der Waals surface area contributed by atoms with Gasteiger partial charge >= 0.3 is 0 Å². The van der Waals surface area contributed by atoms with Crippen molar-refractivity contribution in [2.75, 3.05) is 0 Å². The van der Waals surface area contributed by atoms with Crippen LogP contribution < -0.4 is 4.48 Å². The second-order valence-corrected chi connectivity index (χ2v) is 13.0. The van der Waals surface area contributed by atoms with Crippen LogP contribution in [0.4, 0.5) is 111 Å². The molecule has 0 saturated heterocycles. The molecule has 0 atom stereocenters. The maximum atomic E-state index is 16.6. The molecule has 1 nitrogen and oxygen atoms in total. The monoisotopic (exact) mass is 910 g/mol. The van der Waals surface area contributed by atoms with Crippen molar-refractivity contribution in [3.05, 3.63) is 189 Å². The highest BCUT2D eigenvalue weighted by Crippen LogP contribution is 2.61. The highest BCUT2D eigenvalue weighted by atomic mass is 19.2. The Balaban J connectivity index is 1.97. The van der Waals surface area contributed by atoms with Gasteiger partial charge in [-0.25, -0.2) is 79.0 Å². The van der Waals surface area contributed by atoms with Crippen LogP contribution in [0, 0.1) is 116 Å². The van der Waals surface area contributed by atoms with Crippen molar-refractivity contribution in [2.45, 2.75) is 0 Å². The van der Waals surface area contributed by atoms with Gasteiger partial charge in [0.15, 0.2) is 75.5 Å². The molecule has 0 unspecified atom stereocenters. The Kier molecular flexibility index (Phi) is 11.1. The third kappa shape index (κ3) is 6.22. The van der Waals surface area contributed by atoms with Gasteiger partial charge in [-0.05, 0) is 11.6 Å². The fraction of sp³-hybridized carbons (Fsp3) is 0. The average Bonchev–Trinajstić information content (AvgIpc) is 3.29. The molecule has 0 aliphatic carbocycles. The number of rotatable bonds is 7. The van der Waals surface area contributed by atoms with Crippen molar-refractivity contribution < 1.29 is 87.8 Å². The third-order valence-electron chi connectivity index (χ3n) is 9.75. The lowest BCUT2D eigenvalue weighted by Gasteiger charge is -2.39. The lowest BCUT2D eigenvalue weighted by Crippen LogP contribution is -2.37. The van der Waals surface area contributed by atoms with E-state index >= 15 is 61.5 Å². The van der Waals surface area contributed by atoms with Crippen LogP contribution in [-0.2, 0) is 0 Å². The van der Waals surface area contributed by atoms with Crippen LogP contribution in [0.15, 0.2) is 72.8 Å². The van der Waals surface area contributed by atoms with Crippen LogP contribution in [0.3, 0.4) is 0 Å². The first-order valence-electron chi connectivity index (χ1n) is 16.9. The number of para-hydroxylation sites is 2. The van der Waals surface area contributed by atoms with Crippen LogP contribution >= 0.6 is 0 Å². The molecule has 0 bridgehead atoms. The smallest absolute Gasteiger partial charge is 0.203 e. The van der Waals surface area contributed by atoms with Crippen LogP contribution in [0.1, 0.15) is 0 Å². The minimum absolute atomic E-state index is 0.0222. The summed E-state index contributed by atoms with van der Waals surface area (Å²) in [6, 6.07) is 8.79. The zero-order valence-corrected chi connectivity index (χ0v) is 29.9. The first-order chi connectivity index (χ1) is 29.7. The Hall–Kier alpha value is -6.90. The molecule has 324 valence electrons. The molecule has 0 spiro atoms. The lowest BCUT2D eigenvalue weighted by molar-refractivity contribution is 0.369. The highest BCUT2D eigenvalue weighted by molar-refractivity contribution is 6.04. The molecule has 0 saturated carbocycles. The summed E-state index contributed by atoms with van der Waals surface area (Å²) in [5, 5.41) is 0. The molecular weight excluding hydrogens is 898 g/mol. The number of hydrogen-bond acceptors (Lipinski definition) is 0. The van der Waals surface area contributed by atoms with Gasteiger partial charge in [-0.15, -0.1) is 0 Å². The number of hydrogen-bond donors (Lipinski definition) is 0. The minimum Gasteiger partial charge on any atom is -0.203 e. The van der Waals surface area contributed by atoms with Gasteiger partial charge in [0.25, 0.3) is 0 Å². The van der Waals surface area contributed by atoms with E-state index in [1.807, 2.05) is 0 Å². The van der Waals surface area contributed by atoms with Crippen LogP contribution in [-0.4, -0.2) is 0 Å². The normalized spacial score (nSPS) is 11.8. The van der Waals surface area contributed by atoms with Crippen molar-refractivity contribution in [1.29, 1.82) is 0 Å². The summed E-state index contributed by atoms with van der Waals surface area (Å²) in [5.41, 5.74) is -20.6. The van der Waals surface area contributed by atoms with E-state index in [-0.39, 0.29) is 12.1 Å². The minimum atomic E-state index is -3.13. The number of quaternary nitrogens is 1. The largest absolute Gasteiger partial charge is 0.227 e. The van der Waals surface area contributed by atoms with Crippen LogP contribution in [0.5, 0.6) is 0 Å². The maximum Gasteiger partial charge on any atom is 0.227 e. The predicted octanol–water partition coefficient (Wildman–Crippen LogP) is 14.8. The third-order valence-corrected chi connectivity index (χ3v) is 9.75. The molecule has 0 amide bonds. The standard InChI is InChI=1S/C42H12F20N/c43-22-18(23(44)29(50)34(55)28(22)49)15-11-12-16(19(21-26(47)32(53)36(57)33(54)27(21)48)17(15)20-24(45)30(51)35(56)31(52)25(20)46)63(13-7-3-1-4-8-13,14-9-5-2-6-10-14)42-40(61)38(59)37(58)39(60)41(42)62/h1-12H/q+1. The summed E-state index contributed by atoms with van der Waals surface area (Å²) in [6.07, 6.45) is 0. The van der Waals surface area contributed by atoms with E-state index in [1.165, 1.54) is 0 Å². The molecule has 21 heteroatoms. The first-order valence-corrected chi connectivity index (χ1v) is 16.9. The van der Waals surface area contributed by atoms with Gasteiger partial charge in [-0.3, -0.25) is 0 Å². The number of benzene rings is 7. The molecule has 63 heavy (non-hydrogen) atoms. The molecule has 7 aromatic carbocycles. The van der Waals surface area contributed by atoms with Crippen molar-refractivity contribution in [3.63, 3.8) is 0 Å². The molecule has 0 aromatic heterocycles. The summed E-state index contributed by atoms with van der Waals surface area (Å²) in [5.74, 6) is -60.2. The predicted molar refractivity (Wildman–Crippen MR) is 182 cm³/mol. The summed E-state index contributed by atoms with van der Waals surface area (Å²) >= 11 is 0. The molecule has 0 aliphatic heterocycles. The molecule has 0 radical (unpaired) electrons. The van der Waals surface area contributed by atoms with E-state index in [9.17, 15) is 26.3 Å². The van der Waals surface area contributed by atoms with Gasteiger partial charge in [-0.1, -0.05) is 36.4 Å². The van der Waals surface area contributed by atoms with E-state index in [0.717, 1.165) is 60.7 Å². The van der Waals surface area contributed by atoms with E-state index in [2.05, 4.69) is 0 Å². The van der Waals surface area contributed by atoms with Crippen LogP contribution in [0.25, 0.3) is 33.4 Å². The number of nitrogens with zero attached hydrogens (tertiary/aromatic N) is 1. The van der Waals surface area contributed by atoms with Gasteiger partial charge in [0.2, 0.25) is 52.2 Å². The Morgan fingerprint density at radius 2 is 0.492 bits per heavy atom. The van der Waals surface area contributed by atoms with Gasteiger partial charge in [0, 0.05) is 35.9 Å². The SMILES string of the molecule is Fc1c(F)c(F)c(-c2ccc([N+](c3ccccc3)(c3ccccc3)c3c(F)c(F)c(F)c(F)c3F)c(-c3c(F)c(F)c(F)c(F)c3F)c2-c2c(F)c(F)c(F)c(F)c2F)c(F)c1F. The summed E-state index contributed by atoms with van der Waals surface area (Å²) in [6.45, 7) is 0. The average molecular weight is 911 g/mol. The zero-order valence-electron chi connectivity index (χ0n) is 29.9. The maximum absolute atomic E-state index is 16.6. The Bertz CT molecular complexity index is 2910. The van der Waals surface area contributed by atoms with Gasteiger partial charge in [0.1, 0.15) is 11.4 Å². The van der Waals surface area contributed by atoms with Crippen molar-refractivity contribution in [3.8, 4) is 33.4 Å². The Morgan fingerprint density at radius 3 is 0.825 bits per heavy atom. The summed E-state index contributed by atoms with van der Waals surface area (Å²) < 4.78 is 308. The molecule has 0 aliphatic rings. The molecule has 7 rings (SSSR count). The van der Waals surface area contributed by atoms with Crippen molar-refractivity contribution in [2.24, 2.45) is 0 Å². The van der Waals surface area contributed by atoms with Crippen molar-refractivity contribution >= 4 is 22.7 Å². The quantitative estimate of drug-likeness (QED) is 0.0647. The summed E-state index contributed by atoms with van der Waals surface area (Å²) in [7, 11) is 0. The first kappa shape index (κ1) is 44.2. The lowest BCUT2D eigenvalue weighted by atomic mass is 9.83. The molecular formula is C42H12F20N+. The fourth-order valence-electron chi connectivity index (χ4n) is 7.08. The van der Waals surface area contributed by atoms with E-state index < -0.39 is 177 Å². The topological polar surface area (TPSA) is 0 Å². The van der Waals surface area contributed by atoms with E-state index in [4.69, 9.17) is 0 Å². The van der Waals surface area contributed by atoms with E-state index in [1.54, 1.807) is 0 Å². The van der Waals surface area contributed by atoms with Gasteiger partial charge < -0.3 is 0 Å². The zero-order chi connectivity index (χ0) is 46.3. The van der Waals surface area contributed by atoms with Gasteiger partial charge in [-0.2, -0.15) is 13.3 Å². The molecule has 0 N–H and O–H groups in total. The Morgan fingerprint density at radius 1 is 0.222 bits per heavy atom. The highest BCUT2D eigenvalue weighted by Gasteiger charge is 2.51. The Labute approximate surface area is 337 Å². The molecule has 0 fully saturated rings. The fourth-order valence-corrected chi connectivity index (χ4v) is 7.08.